The zero-order valence-electron chi connectivity index (χ0n) is 15.5. The molecule has 6 nitrogen and oxygen atoms in total. The minimum Gasteiger partial charge on any atom is -0.313 e. The molecule has 0 saturated carbocycles. The second-order valence-corrected chi connectivity index (χ2v) is 7.81. The fourth-order valence-corrected chi connectivity index (χ4v) is 4.20. The number of aromatic nitrogens is 5. The molecule has 0 amide bonds. The van der Waals surface area contributed by atoms with Crippen molar-refractivity contribution in [2.45, 2.75) is 19.9 Å². The number of fused-ring (bicyclic) bond motifs is 3. The van der Waals surface area contributed by atoms with Crippen molar-refractivity contribution in [1.29, 1.82) is 0 Å². The fraction of sp³-hybridized carbons (Fsp3) is 0.143. The summed E-state index contributed by atoms with van der Waals surface area (Å²) in [4.78, 5) is 14.1. The zero-order chi connectivity index (χ0) is 20.0. The predicted molar refractivity (Wildman–Crippen MR) is 111 cm³/mol. The lowest BCUT2D eigenvalue weighted by Gasteiger charge is -2.07. The van der Waals surface area contributed by atoms with Crippen molar-refractivity contribution in [3.63, 3.8) is 0 Å². The number of thiophene rings is 1. The van der Waals surface area contributed by atoms with Gasteiger partial charge in [0.05, 0.1) is 11.3 Å². The molecule has 0 saturated heterocycles. The fourth-order valence-electron chi connectivity index (χ4n) is 3.51. The second-order valence-electron chi connectivity index (χ2n) is 6.78. The van der Waals surface area contributed by atoms with Crippen molar-refractivity contribution in [2.75, 3.05) is 0 Å². The third kappa shape index (κ3) is 3.01. The highest BCUT2D eigenvalue weighted by molar-refractivity contribution is 7.09. The maximum Gasteiger partial charge on any atom is 0.280 e. The van der Waals surface area contributed by atoms with Gasteiger partial charge in [-0.2, -0.15) is 5.10 Å². The third-order valence-electron chi connectivity index (χ3n) is 4.94. The second kappa shape index (κ2) is 6.89. The summed E-state index contributed by atoms with van der Waals surface area (Å²) in [6.07, 6.45) is 2.56. The van der Waals surface area contributed by atoms with Gasteiger partial charge in [0.15, 0.2) is 11.2 Å². The molecule has 0 bridgehead atoms. The van der Waals surface area contributed by atoms with E-state index < -0.39 is 0 Å². The highest BCUT2D eigenvalue weighted by Gasteiger charge is 2.17. The van der Waals surface area contributed by atoms with Crippen molar-refractivity contribution in [1.82, 2.24) is 24.4 Å². The summed E-state index contributed by atoms with van der Waals surface area (Å²) in [6.45, 7) is 2.44. The number of rotatable bonds is 4. The number of halogens is 1. The predicted octanol–water partition coefficient (Wildman–Crippen LogP) is 3.86. The van der Waals surface area contributed by atoms with Crippen LogP contribution in [-0.4, -0.2) is 24.4 Å². The lowest BCUT2D eigenvalue weighted by molar-refractivity contribution is 0.628. The van der Waals surface area contributed by atoms with Gasteiger partial charge in [0, 0.05) is 17.6 Å². The van der Waals surface area contributed by atoms with Crippen molar-refractivity contribution in [3.8, 4) is 11.1 Å². The van der Waals surface area contributed by atoms with E-state index in [1.807, 2.05) is 24.4 Å². The molecule has 0 aliphatic rings. The average Bonchev–Trinajstić information content (AvgIpc) is 3.35. The van der Waals surface area contributed by atoms with Gasteiger partial charge < -0.3 is 4.57 Å². The van der Waals surface area contributed by atoms with Crippen molar-refractivity contribution < 1.29 is 4.39 Å². The molecule has 8 heteroatoms. The standard InChI is InChI=1S/C21H16FN5OS/c1-13-18(14-4-6-15(22)7-5-14)20-24-23-19-17(27(20)25-13)9-11-26(21(19)28)10-8-16-3-2-12-29-16/h2-7,9,11-12H,8,10H2,1H3. The summed E-state index contributed by atoms with van der Waals surface area (Å²) in [5, 5.41) is 15.1. The minimum atomic E-state index is -0.303. The summed E-state index contributed by atoms with van der Waals surface area (Å²) in [6, 6.07) is 12.1. The van der Waals surface area contributed by atoms with Gasteiger partial charge in [0.1, 0.15) is 11.3 Å². The smallest absolute Gasteiger partial charge is 0.280 e. The van der Waals surface area contributed by atoms with Gasteiger partial charge in [0.25, 0.3) is 5.56 Å². The Labute approximate surface area is 168 Å². The van der Waals surface area contributed by atoms with E-state index in [0.29, 0.717) is 17.7 Å². The summed E-state index contributed by atoms with van der Waals surface area (Å²) < 4.78 is 16.6. The molecule has 0 N–H and O–H groups in total. The Morgan fingerprint density at radius 1 is 1.10 bits per heavy atom. The van der Waals surface area contributed by atoms with E-state index in [0.717, 1.165) is 23.2 Å². The molecule has 5 aromatic rings. The highest BCUT2D eigenvalue weighted by atomic mass is 32.1. The molecule has 0 radical (unpaired) electrons. The van der Waals surface area contributed by atoms with E-state index in [2.05, 4.69) is 21.4 Å². The molecule has 5 rings (SSSR count). The molecule has 4 heterocycles. The van der Waals surface area contributed by atoms with Crippen LogP contribution in [0.3, 0.4) is 0 Å². The van der Waals surface area contributed by atoms with Crippen molar-refractivity contribution >= 4 is 28.0 Å². The van der Waals surface area contributed by atoms with Crippen LogP contribution in [-0.2, 0) is 13.0 Å². The number of hydrogen-bond acceptors (Lipinski definition) is 5. The van der Waals surface area contributed by atoms with Gasteiger partial charge in [-0.3, -0.25) is 4.79 Å². The average molecular weight is 405 g/mol. The molecule has 1 aromatic carbocycles. The molecule has 0 atom stereocenters. The first kappa shape index (κ1) is 17.7. The SMILES string of the molecule is Cc1nn2c(nnc3c(=O)n(CCc4cccs4)ccc32)c1-c1ccc(F)cc1. The summed E-state index contributed by atoms with van der Waals surface area (Å²) >= 11 is 1.68. The Bertz CT molecular complexity index is 1390. The molecule has 0 unspecified atom stereocenters. The maximum atomic E-state index is 13.3. The Morgan fingerprint density at radius 3 is 2.69 bits per heavy atom. The molecule has 144 valence electrons. The van der Waals surface area contributed by atoms with Crippen molar-refractivity contribution in [2.24, 2.45) is 0 Å². The number of hydrogen-bond donors (Lipinski definition) is 0. The van der Waals surface area contributed by atoms with E-state index in [4.69, 9.17) is 0 Å². The molecule has 0 aliphatic carbocycles. The molecular formula is C21H16FN5OS. The molecule has 29 heavy (non-hydrogen) atoms. The summed E-state index contributed by atoms with van der Waals surface area (Å²) in [5.74, 6) is -0.303. The van der Waals surface area contributed by atoms with E-state index >= 15 is 0 Å². The zero-order valence-corrected chi connectivity index (χ0v) is 16.4. The van der Waals surface area contributed by atoms with Crippen LogP contribution in [0.25, 0.3) is 27.8 Å². The Morgan fingerprint density at radius 2 is 1.93 bits per heavy atom. The molecule has 0 fully saturated rings. The number of aryl methyl sites for hydroxylation is 3. The van der Waals surface area contributed by atoms with E-state index in [1.54, 1.807) is 38.7 Å². The lowest BCUT2D eigenvalue weighted by atomic mass is 10.1. The number of nitrogens with zero attached hydrogens (tertiary/aromatic N) is 5. The Balaban J connectivity index is 1.62. The quantitative estimate of drug-likeness (QED) is 0.455. The van der Waals surface area contributed by atoms with Crippen LogP contribution in [0.1, 0.15) is 10.6 Å². The van der Waals surface area contributed by atoms with Crippen LogP contribution < -0.4 is 5.56 Å². The first-order valence-electron chi connectivity index (χ1n) is 9.15. The van der Waals surface area contributed by atoms with Gasteiger partial charge in [-0.05, 0) is 48.6 Å². The molecule has 4 aromatic heterocycles. The van der Waals surface area contributed by atoms with Crippen molar-refractivity contribution in [3.05, 3.63) is 80.8 Å². The van der Waals surface area contributed by atoms with E-state index in [1.165, 1.54) is 17.0 Å². The van der Waals surface area contributed by atoms with Gasteiger partial charge in [0.2, 0.25) is 0 Å². The largest absolute Gasteiger partial charge is 0.313 e. The van der Waals surface area contributed by atoms with Gasteiger partial charge >= 0.3 is 0 Å². The van der Waals surface area contributed by atoms with Crippen LogP contribution in [0.4, 0.5) is 4.39 Å². The van der Waals surface area contributed by atoms with Crippen LogP contribution in [0.2, 0.25) is 0 Å². The first-order valence-corrected chi connectivity index (χ1v) is 10.0. The summed E-state index contributed by atoms with van der Waals surface area (Å²) in [7, 11) is 0. The molecular weight excluding hydrogens is 389 g/mol. The minimum absolute atomic E-state index is 0.190. The van der Waals surface area contributed by atoms with Gasteiger partial charge in [-0.25, -0.2) is 8.91 Å². The summed E-state index contributed by atoms with van der Waals surface area (Å²) in [5.41, 5.74) is 3.55. The number of pyridine rings is 1. The highest BCUT2D eigenvalue weighted by Crippen LogP contribution is 2.28. The normalized spacial score (nSPS) is 11.5. The Hall–Kier alpha value is -3.39. The van der Waals surface area contributed by atoms with E-state index in [9.17, 15) is 9.18 Å². The monoisotopic (exact) mass is 405 g/mol. The van der Waals surface area contributed by atoms with Gasteiger partial charge in [-0.15, -0.1) is 21.5 Å². The molecule has 0 aliphatic heterocycles. The van der Waals surface area contributed by atoms with Crippen LogP contribution in [0.5, 0.6) is 0 Å². The van der Waals surface area contributed by atoms with Gasteiger partial charge in [-0.1, -0.05) is 18.2 Å². The van der Waals surface area contributed by atoms with Crippen LogP contribution in [0, 0.1) is 12.7 Å². The maximum absolute atomic E-state index is 13.3. The third-order valence-corrected chi connectivity index (χ3v) is 5.88. The number of benzene rings is 1. The van der Waals surface area contributed by atoms with Crippen LogP contribution >= 0.6 is 11.3 Å². The lowest BCUT2D eigenvalue weighted by Crippen LogP contribution is -2.22. The topological polar surface area (TPSA) is 65.1 Å². The van der Waals surface area contributed by atoms with Crippen LogP contribution in [0.15, 0.2) is 58.8 Å². The first-order chi connectivity index (χ1) is 14.1. The Kier molecular flexibility index (Phi) is 4.21. The van der Waals surface area contributed by atoms with E-state index in [-0.39, 0.29) is 16.9 Å². The molecule has 0 spiro atoms.